The quantitative estimate of drug-likeness (QED) is 0.251. The number of imidazole rings is 1. The van der Waals surface area contributed by atoms with Gasteiger partial charge in [-0.15, -0.1) is 0 Å². The number of nitrogens with zero attached hydrogens (tertiary/aromatic N) is 6. The fourth-order valence-corrected chi connectivity index (χ4v) is 7.08. The third kappa shape index (κ3) is 5.84. The van der Waals surface area contributed by atoms with Gasteiger partial charge in [0.2, 0.25) is 0 Å². The number of halogens is 1. The maximum absolute atomic E-state index is 9.98. The molecule has 0 atom stereocenters. The second kappa shape index (κ2) is 12.2. The largest absolute Gasteiger partial charge is 0.476 e. The van der Waals surface area contributed by atoms with Crippen molar-refractivity contribution in [3.8, 4) is 11.8 Å². The molecule has 0 unspecified atom stereocenters. The van der Waals surface area contributed by atoms with Crippen LogP contribution in [0.2, 0.25) is 5.02 Å². The Labute approximate surface area is 247 Å². The second-order valence-electron chi connectivity index (χ2n) is 9.89. The first-order valence-corrected chi connectivity index (χ1v) is 15.7. The maximum Gasteiger partial charge on any atom is 0.172 e. The molecule has 2 saturated heterocycles. The lowest BCUT2D eigenvalue weighted by molar-refractivity contribution is 0.138. The molecule has 206 valence electrons. The van der Waals surface area contributed by atoms with Crippen molar-refractivity contribution < 1.29 is 4.74 Å². The Morgan fingerprint density at radius 1 is 1.12 bits per heavy atom. The highest BCUT2D eigenvalue weighted by atomic mass is 35.5. The fraction of sp³-hybridized carbons (Fsp3) is 0.345. The van der Waals surface area contributed by atoms with Gasteiger partial charge in [0.25, 0.3) is 0 Å². The van der Waals surface area contributed by atoms with Crippen LogP contribution in [-0.2, 0) is 7.05 Å². The minimum absolute atomic E-state index is 0.461. The van der Waals surface area contributed by atoms with Crippen molar-refractivity contribution in [2.24, 2.45) is 7.05 Å². The van der Waals surface area contributed by atoms with E-state index in [-0.39, 0.29) is 0 Å². The molecule has 2 aromatic carbocycles. The van der Waals surface area contributed by atoms with Gasteiger partial charge in [-0.2, -0.15) is 17.0 Å². The lowest BCUT2D eigenvalue weighted by atomic mass is 10.1. The summed E-state index contributed by atoms with van der Waals surface area (Å²) in [4.78, 5) is 14.7. The predicted octanol–water partition coefficient (Wildman–Crippen LogP) is 6.37. The Kier molecular flexibility index (Phi) is 8.25. The Morgan fingerprint density at radius 2 is 1.95 bits per heavy atom. The molecule has 0 amide bonds. The van der Waals surface area contributed by atoms with E-state index in [0.29, 0.717) is 23.0 Å². The van der Waals surface area contributed by atoms with Gasteiger partial charge in [0.05, 0.1) is 27.5 Å². The molecule has 2 aromatic heterocycles. The second-order valence-corrected chi connectivity index (χ2v) is 12.5. The lowest BCUT2D eigenvalue weighted by Crippen LogP contribution is -2.35. The zero-order chi connectivity index (χ0) is 27.5. The van der Waals surface area contributed by atoms with E-state index in [1.165, 1.54) is 24.6 Å². The molecular weight excluding hydrogens is 562 g/mol. The first-order valence-electron chi connectivity index (χ1n) is 13.4. The summed E-state index contributed by atoms with van der Waals surface area (Å²) in [6, 6.07) is 12.3. The minimum atomic E-state index is 0.461. The number of aromatic nitrogens is 3. The first-order chi connectivity index (χ1) is 19.6. The standard InChI is InChI=1S/C29H30ClN7OS2/c1-35-9-6-32-29(35)40-27-5-4-21(14-23(27)30)34-28-20(17-31)18-33-24-16-25(37-7-2-3-8-37)26(15-22(24)28)38-19-36-10-12-39-13-11-36/h4-6,9,14-16,18H,2-3,7-8,10-13,19H2,1H3,(H,33,34). The van der Waals surface area contributed by atoms with E-state index < -0.39 is 0 Å². The smallest absolute Gasteiger partial charge is 0.172 e. The molecule has 8 nitrogen and oxygen atoms in total. The van der Waals surface area contributed by atoms with Crippen LogP contribution in [0.5, 0.6) is 5.75 Å². The monoisotopic (exact) mass is 591 g/mol. The van der Waals surface area contributed by atoms with E-state index in [4.69, 9.17) is 16.3 Å². The fourth-order valence-electron chi connectivity index (χ4n) is 4.99. The molecule has 0 saturated carbocycles. The molecule has 1 N–H and O–H groups in total. The van der Waals surface area contributed by atoms with E-state index in [2.05, 4.69) is 37.2 Å². The summed E-state index contributed by atoms with van der Waals surface area (Å²) in [5.41, 5.74) is 3.83. The number of benzene rings is 2. The zero-order valence-corrected chi connectivity index (χ0v) is 24.7. The number of hydrogen-bond donors (Lipinski definition) is 1. The van der Waals surface area contributed by atoms with E-state index in [0.717, 1.165) is 75.8 Å². The van der Waals surface area contributed by atoms with Crippen molar-refractivity contribution in [2.75, 3.05) is 54.6 Å². The van der Waals surface area contributed by atoms with Gasteiger partial charge in [0.1, 0.15) is 18.5 Å². The van der Waals surface area contributed by atoms with Crippen molar-refractivity contribution in [3.05, 3.63) is 59.5 Å². The van der Waals surface area contributed by atoms with Crippen LogP contribution in [0.15, 0.2) is 59.0 Å². The maximum atomic E-state index is 9.98. The van der Waals surface area contributed by atoms with E-state index in [1.807, 2.05) is 53.8 Å². The number of rotatable bonds is 8. The number of ether oxygens (including phenoxy) is 1. The van der Waals surface area contributed by atoms with Crippen molar-refractivity contribution >= 4 is 63.1 Å². The van der Waals surface area contributed by atoms with Crippen molar-refractivity contribution in [2.45, 2.75) is 22.9 Å². The van der Waals surface area contributed by atoms with Crippen molar-refractivity contribution in [1.82, 2.24) is 19.4 Å². The average Bonchev–Trinajstić information content (AvgIpc) is 3.66. The number of aryl methyl sites for hydroxylation is 1. The number of thioether (sulfide) groups is 1. The van der Waals surface area contributed by atoms with Crippen molar-refractivity contribution in [3.63, 3.8) is 0 Å². The van der Waals surface area contributed by atoms with Crippen LogP contribution in [0.4, 0.5) is 17.1 Å². The summed E-state index contributed by atoms with van der Waals surface area (Å²) in [5, 5.41) is 15.8. The molecular formula is C29H30ClN7OS2. The molecule has 40 heavy (non-hydrogen) atoms. The summed E-state index contributed by atoms with van der Waals surface area (Å²) < 4.78 is 8.43. The van der Waals surface area contributed by atoms with Gasteiger partial charge in [-0.1, -0.05) is 23.4 Å². The molecule has 0 aliphatic carbocycles. The molecule has 0 radical (unpaired) electrons. The van der Waals surface area contributed by atoms with Gasteiger partial charge in [-0.05, 0) is 43.2 Å². The normalized spacial score (nSPS) is 15.9. The molecule has 2 fully saturated rings. The van der Waals surface area contributed by atoms with E-state index in [1.54, 1.807) is 12.4 Å². The third-order valence-electron chi connectivity index (χ3n) is 7.20. The highest BCUT2D eigenvalue weighted by Gasteiger charge is 2.21. The number of nitriles is 1. The molecule has 2 aliphatic rings. The van der Waals surface area contributed by atoms with Crippen LogP contribution in [-0.4, -0.2) is 63.9 Å². The van der Waals surface area contributed by atoms with Crippen LogP contribution in [0, 0.1) is 11.3 Å². The zero-order valence-electron chi connectivity index (χ0n) is 22.3. The number of nitrogens with one attached hydrogen (secondary N) is 1. The van der Waals surface area contributed by atoms with Crippen LogP contribution >= 0.6 is 35.1 Å². The van der Waals surface area contributed by atoms with Gasteiger partial charge < -0.3 is 19.5 Å². The van der Waals surface area contributed by atoms with Gasteiger partial charge in [-0.25, -0.2) is 4.98 Å². The highest BCUT2D eigenvalue weighted by molar-refractivity contribution is 7.99. The SMILES string of the molecule is Cn1ccnc1Sc1ccc(Nc2c(C#N)cnc3cc(N4CCCC4)c(OCN4CCSCC4)cc23)cc1Cl. The number of anilines is 3. The van der Waals surface area contributed by atoms with Crippen LogP contribution in [0.1, 0.15) is 18.4 Å². The topological polar surface area (TPSA) is 82.2 Å². The third-order valence-corrected chi connectivity index (χ3v) is 9.72. The summed E-state index contributed by atoms with van der Waals surface area (Å²) in [5.74, 6) is 3.09. The average molecular weight is 592 g/mol. The van der Waals surface area contributed by atoms with Gasteiger partial charge in [-0.3, -0.25) is 9.88 Å². The van der Waals surface area contributed by atoms with Gasteiger partial charge in [0, 0.05) is 79.3 Å². The van der Waals surface area contributed by atoms with Crippen molar-refractivity contribution in [1.29, 1.82) is 5.26 Å². The summed E-state index contributed by atoms with van der Waals surface area (Å²) in [7, 11) is 1.95. The summed E-state index contributed by atoms with van der Waals surface area (Å²) in [6.45, 7) is 4.61. The number of pyridine rings is 1. The lowest BCUT2D eigenvalue weighted by Gasteiger charge is -2.28. The van der Waals surface area contributed by atoms with E-state index >= 15 is 0 Å². The Bertz CT molecular complexity index is 1560. The minimum Gasteiger partial charge on any atom is -0.476 e. The van der Waals surface area contributed by atoms with Gasteiger partial charge in [0.15, 0.2) is 5.16 Å². The van der Waals surface area contributed by atoms with Crippen LogP contribution in [0.25, 0.3) is 10.9 Å². The Balaban J connectivity index is 1.34. The summed E-state index contributed by atoms with van der Waals surface area (Å²) in [6.07, 6.45) is 7.65. The van der Waals surface area contributed by atoms with E-state index in [9.17, 15) is 5.26 Å². The number of fused-ring (bicyclic) bond motifs is 1. The van der Waals surface area contributed by atoms with Gasteiger partial charge >= 0.3 is 0 Å². The Hall–Kier alpha value is -3.10. The molecule has 0 bridgehead atoms. The van der Waals surface area contributed by atoms with Crippen LogP contribution < -0.4 is 15.0 Å². The van der Waals surface area contributed by atoms with Crippen LogP contribution in [0.3, 0.4) is 0 Å². The predicted molar refractivity (Wildman–Crippen MR) is 164 cm³/mol. The Morgan fingerprint density at radius 3 is 2.67 bits per heavy atom. The molecule has 0 spiro atoms. The first kappa shape index (κ1) is 27.1. The highest BCUT2D eigenvalue weighted by Crippen LogP contribution is 2.40. The molecule has 4 heterocycles. The summed E-state index contributed by atoms with van der Waals surface area (Å²) >= 11 is 10.2. The molecule has 11 heteroatoms. The molecule has 4 aromatic rings. The number of hydrogen-bond acceptors (Lipinski definition) is 9. The molecule has 2 aliphatic heterocycles. The molecule has 6 rings (SSSR count).